The molecular weight excluding hydrogens is 620 g/mol. The van der Waals surface area contributed by atoms with Crippen LogP contribution in [0.4, 0.5) is 5.82 Å². The molecule has 0 unspecified atom stereocenters. The minimum Gasteiger partial charge on any atom is -0.463 e. The van der Waals surface area contributed by atoms with Crippen LogP contribution in [0.2, 0.25) is 0 Å². The van der Waals surface area contributed by atoms with Crippen LogP contribution in [0.5, 0.6) is 0 Å². The van der Waals surface area contributed by atoms with Gasteiger partial charge in [0.25, 0.3) is 5.91 Å². The van der Waals surface area contributed by atoms with Gasteiger partial charge in [0.15, 0.2) is 11.9 Å². The lowest BCUT2D eigenvalue weighted by Crippen LogP contribution is -2.49. The summed E-state index contributed by atoms with van der Waals surface area (Å²) in [6.45, 7) is 10.7. The Kier molecular flexibility index (Phi) is 11.8. The largest absolute Gasteiger partial charge is 0.463 e. The van der Waals surface area contributed by atoms with Gasteiger partial charge in [-0.25, -0.2) is 9.50 Å². The molecule has 1 amide bonds. The van der Waals surface area contributed by atoms with E-state index < -0.39 is 58.8 Å². The number of carbonyl (C=O) groups is 3. The van der Waals surface area contributed by atoms with Crippen molar-refractivity contribution < 1.29 is 38.4 Å². The molecule has 4 rings (SSSR count). The van der Waals surface area contributed by atoms with Crippen molar-refractivity contribution in [2.75, 3.05) is 18.5 Å². The summed E-state index contributed by atoms with van der Waals surface area (Å²) in [5, 5.41) is 29.4. The van der Waals surface area contributed by atoms with Crippen LogP contribution in [0.15, 0.2) is 18.5 Å². The first kappa shape index (κ1) is 37.2. The van der Waals surface area contributed by atoms with Crippen molar-refractivity contribution in [2.45, 2.75) is 128 Å². The summed E-state index contributed by atoms with van der Waals surface area (Å²) in [4.78, 5) is 43.4. The van der Waals surface area contributed by atoms with Gasteiger partial charge in [-0.2, -0.15) is 10.4 Å². The number of nitrogens with two attached hydrogens (primary N) is 1. The molecule has 2 aromatic heterocycles. The van der Waals surface area contributed by atoms with Gasteiger partial charge in [-0.1, -0.05) is 53.4 Å². The number of anilines is 1. The maximum atomic E-state index is 13.2. The molecule has 1 aliphatic carbocycles. The van der Waals surface area contributed by atoms with E-state index in [9.17, 15) is 24.8 Å². The first-order valence-electron chi connectivity index (χ1n) is 16.8. The SMILES string of the molecule is CCCCOC(C)(C)C(=O)Nc1ncnn2c([C@]3(C#N)O[C@H](COC(=O)CC4CCCCC4)[C@@H](OC(=O)[C@H](N)C(C)(C)C)[C@H]3O)ccc12. The molecule has 2 aromatic rings. The molecule has 0 aromatic carbocycles. The molecule has 1 saturated heterocycles. The number of aromatic nitrogens is 3. The van der Waals surface area contributed by atoms with Gasteiger partial charge in [-0.15, -0.1) is 0 Å². The van der Waals surface area contributed by atoms with Crippen LogP contribution in [-0.4, -0.2) is 80.7 Å². The highest BCUT2D eigenvalue weighted by atomic mass is 16.6. The van der Waals surface area contributed by atoms with Crippen molar-refractivity contribution in [1.82, 2.24) is 14.6 Å². The predicted molar refractivity (Wildman–Crippen MR) is 174 cm³/mol. The van der Waals surface area contributed by atoms with Crippen molar-refractivity contribution in [3.05, 3.63) is 24.2 Å². The minimum absolute atomic E-state index is 0.0843. The topological polar surface area (TPSA) is 200 Å². The van der Waals surface area contributed by atoms with Crippen molar-refractivity contribution in [3.63, 3.8) is 0 Å². The fourth-order valence-corrected chi connectivity index (χ4v) is 5.97. The number of fused-ring (bicyclic) bond motifs is 1. The molecule has 0 spiro atoms. The second-order valence-electron chi connectivity index (χ2n) is 14.4. The van der Waals surface area contributed by atoms with E-state index in [-0.39, 0.29) is 30.5 Å². The summed E-state index contributed by atoms with van der Waals surface area (Å²) in [5.41, 5.74) is 2.61. The lowest BCUT2D eigenvalue weighted by atomic mass is 9.87. The van der Waals surface area contributed by atoms with Crippen LogP contribution in [0.1, 0.15) is 98.6 Å². The van der Waals surface area contributed by atoms with Crippen LogP contribution in [0.3, 0.4) is 0 Å². The monoisotopic (exact) mass is 670 g/mol. The highest BCUT2D eigenvalue weighted by Gasteiger charge is 2.60. The highest BCUT2D eigenvalue weighted by molar-refractivity contribution is 5.98. The van der Waals surface area contributed by atoms with E-state index in [1.54, 1.807) is 40.7 Å². The fraction of sp³-hybridized carbons (Fsp3) is 0.706. The second kappa shape index (κ2) is 15.3. The minimum atomic E-state index is -2.12. The predicted octanol–water partition coefficient (Wildman–Crippen LogP) is 3.54. The van der Waals surface area contributed by atoms with Crippen LogP contribution in [0, 0.1) is 22.7 Å². The molecule has 14 nitrogen and oxygen atoms in total. The van der Waals surface area contributed by atoms with E-state index in [0.29, 0.717) is 12.1 Å². The van der Waals surface area contributed by atoms with Gasteiger partial charge in [-0.3, -0.25) is 14.4 Å². The zero-order valence-electron chi connectivity index (χ0n) is 28.9. The summed E-state index contributed by atoms with van der Waals surface area (Å²) in [6.07, 6.45) is 3.97. The summed E-state index contributed by atoms with van der Waals surface area (Å²) in [7, 11) is 0. The van der Waals surface area contributed by atoms with Crippen molar-refractivity contribution >= 4 is 29.2 Å². The molecule has 48 heavy (non-hydrogen) atoms. The summed E-state index contributed by atoms with van der Waals surface area (Å²) >= 11 is 0. The average molecular weight is 671 g/mol. The molecule has 2 aliphatic rings. The fourth-order valence-electron chi connectivity index (χ4n) is 5.97. The number of aliphatic hydroxyl groups is 1. The molecule has 5 atom stereocenters. The normalized spacial score (nSPS) is 24.2. The van der Waals surface area contributed by atoms with E-state index in [1.165, 1.54) is 16.9 Å². The van der Waals surface area contributed by atoms with E-state index in [2.05, 4.69) is 21.5 Å². The maximum Gasteiger partial charge on any atom is 0.323 e. The Bertz CT molecular complexity index is 1490. The molecule has 0 radical (unpaired) electrons. The number of amides is 1. The van der Waals surface area contributed by atoms with Gasteiger partial charge in [0.1, 0.15) is 48.4 Å². The molecule has 14 heteroatoms. The molecule has 2 fully saturated rings. The lowest BCUT2D eigenvalue weighted by Gasteiger charge is -2.29. The van der Waals surface area contributed by atoms with Gasteiger partial charge < -0.3 is 35.1 Å². The Labute approximate surface area is 281 Å². The molecule has 264 valence electrons. The maximum absolute atomic E-state index is 13.2. The number of ether oxygens (including phenoxy) is 4. The van der Waals surface area contributed by atoms with Gasteiger partial charge in [0.2, 0.25) is 5.60 Å². The van der Waals surface area contributed by atoms with Crippen molar-refractivity contribution in [1.29, 1.82) is 5.26 Å². The number of unbranched alkanes of at least 4 members (excludes halogenated alkanes) is 1. The zero-order valence-corrected chi connectivity index (χ0v) is 28.9. The average Bonchev–Trinajstić information content (AvgIpc) is 3.59. The van der Waals surface area contributed by atoms with E-state index >= 15 is 0 Å². The van der Waals surface area contributed by atoms with Crippen LogP contribution >= 0.6 is 0 Å². The van der Waals surface area contributed by atoms with E-state index in [0.717, 1.165) is 44.9 Å². The number of esters is 2. The third kappa shape index (κ3) is 8.14. The van der Waals surface area contributed by atoms with E-state index in [4.69, 9.17) is 24.7 Å². The van der Waals surface area contributed by atoms with Gasteiger partial charge in [0, 0.05) is 13.0 Å². The molecular formula is C34H50N6O8. The van der Waals surface area contributed by atoms with Crippen LogP contribution in [0.25, 0.3) is 5.52 Å². The Morgan fingerprint density at radius 1 is 1.21 bits per heavy atom. The molecule has 4 N–H and O–H groups in total. The number of nitrogens with one attached hydrogen (secondary N) is 1. The Morgan fingerprint density at radius 2 is 1.92 bits per heavy atom. The smallest absolute Gasteiger partial charge is 0.323 e. The number of hydrogen-bond donors (Lipinski definition) is 3. The summed E-state index contributed by atoms with van der Waals surface area (Å²) < 4.78 is 24.6. The highest BCUT2D eigenvalue weighted by Crippen LogP contribution is 2.42. The Balaban J connectivity index is 1.62. The molecule has 3 heterocycles. The first-order chi connectivity index (χ1) is 22.6. The van der Waals surface area contributed by atoms with Crippen LogP contribution in [-0.2, 0) is 38.9 Å². The number of rotatable bonds is 13. The Morgan fingerprint density at radius 3 is 2.56 bits per heavy atom. The number of hydrogen-bond acceptors (Lipinski definition) is 12. The number of carbonyl (C=O) groups excluding carboxylic acids is 3. The zero-order chi connectivity index (χ0) is 35.3. The standard InChI is InChI=1S/C34H50N6O8/c1-7-8-16-46-33(5,6)31(44)39-29-22-14-15-24(40(22)38-20-37-29)34(19-35)28(42)26(47-30(43)27(36)32(2,3)4)23(48-34)18-45-25(41)17-21-12-10-9-11-13-21/h14-15,20-21,23,26-28,42H,7-13,16-18,36H2,1-6H3,(H,37,38,39,44)/t23-,26-,27+,28-,34+/m1/s1. The van der Waals surface area contributed by atoms with Gasteiger partial charge >= 0.3 is 11.9 Å². The van der Waals surface area contributed by atoms with Gasteiger partial charge in [-0.05, 0) is 56.6 Å². The third-order valence-electron chi connectivity index (χ3n) is 9.20. The van der Waals surface area contributed by atoms with E-state index in [1.807, 2.05) is 6.92 Å². The number of aliphatic hydroxyl groups excluding tert-OH is 1. The molecule has 1 aliphatic heterocycles. The lowest BCUT2D eigenvalue weighted by molar-refractivity contribution is -0.163. The molecule has 1 saturated carbocycles. The van der Waals surface area contributed by atoms with Crippen molar-refractivity contribution in [3.8, 4) is 6.07 Å². The molecule has 0 bridgehead atoms. The summed E-state index contributed by atoms with van der Waals surface area (Å²) in [5.74, 6) is -1.31. The number of nitriles is 1. The quantitative estimate of drug-likeness (QED) is 0.207. The second-order valence-corrected chi connectivity index (χ2v) is 14.4. The first-order valence-corrected chi connectivity index (χ1v) is 16.8. The third-order valence-corrected chi connectivity index (χ3v) is 9.20. The summed E-state index contributed by atoms with van der Waals surface area (Å²) in [6, 6.07) is 4.08. The Hall–Kier alpha value is -3.64. The van der Waals surface area contributed by atoms with Gasteiger partial charge in [0.05, 0.1) is 5.69 Å². The van der Waals surface area contributed by atoms with Crippen molar-refractivity contribution in [2.24, 2.45) is 17.1 Å². The number of nitrogens with zero attached hydrogens (tertiary/aromatic N) is 4. The van der Waals surface area contributed by atoms with Crippen LogP contribution < -0.4 is 11.1 Å².